The maximum absolute atomic E-state index is 6.68. The molecule has 3 heteroatoms. The molecule has 0 aromatic rings. The predicted octanol–water partition coefficient (Wildman–Crippen LogP) is 4.82. The molecule has 0 heterocycles. The van der Waals surface area contributed by atoms with Gasteiger partial charge in [0.15, 0.2) is 7.38 Å². The lowest BCUT2D eigenvalue weighted by molar-refractivity contribution is 0.849. The third-order valence-corrected chi connectivity index (χ3v) is 11.9. The first kappa shape index (κ1) is 15.3. The van der Waals surface area contributed by atoms with E-state index in [0.717, 1.165) is 0 Å². The summed E-state index contributed by atoms with van der Waals surface area (Å²) in [6.07, 6.45) is 0. The average Bonchev–Trinajstić information content (AvgIpc) is 1.84. The van der Waals surface area contributed by atoms with E-state index >= 15 is 0 Å². The van der Waals surface area contributed by atoms with Gasteiger partial charge >= 0.3 is 0 Å². The summed E-state index contributed by atoms with van der Waals surface area (Å²) in [7, 11) is -1.51. The monoisotopic (exact) mass is 228 g/mol. The minimum absolute atomic E-state index is 0. The molecule has 0 aliphatic carbocycles. The molecular weight excluding hydrogens is 207 g/mol. The quantitative estimate of drug-likeness (QED) is 0.480. The van der Waals surface area contributed by atoms with Gasteiger partial charge < -0.3 is 0 Å². The van der Waals surface area contributed by atoms with Crippen LogP contribution in [0.3, 0.4) is 0 Å². The van der Waals surface area contributed by atoms with Gasteiger partial charge in [0.1, 0.15) is 0 Å². The lowest BCUT2D eigenvalue weighted by Gasteiger charge is -2.36. The zero-order valence-corrected chi connectivity index (χ0v) is 11.6. The minimum Gasteiger partial charge on any atom is -0.166 e. The van der Waals surface area contributed by atoms with Gasteiger partial charge in [-0.05, 0) is 16.6 Å². The summed E-state index contributed by atoms with van der Waals surface area (Å²) in [5.74, 6) is 0. The van der Waals surface area contributed by atoms with E-state index in [0.29, 0.717) is 16.6 Å². The molecule has 0 atom stereocenters. The third kappa shape index (κ3) is 2.93. The molecule has 0 aromatic carbocycles. The first-order chi connectivity index (χ1) is 4.83. The zero-order chi connectivity index (χ0) is 9.23. The van der Waals surface area contributed by atoms with Crippen LogP contribution in [-0.2, 0) is 0 Å². The average molecular weight is 229 g/mol. The number of halogens is 2. The maximum Gasteiger partial charge on any atom is 0.164 e. The Morgan fingerprint density at radius 1 is 0.750 bits per heavy atom. The molecule has 0 aliphatic heterocycles. The van der Waals surface area contributed by atoms with Crippen molar-refractivity contribution in [2.24, 2.45) is 0 Å². The van der Waals surface area contributed by atoms with Crippen LogP contribution in [0.1, 0.15) is 41.5 Å². The largest absolute Gasteiger partial charge is 0.166 e. The maximum atomic E-state index is 6.68. The van der Waals surface area contributed by atoms with E-state index in [1.807, 2.05) is 0 Å². The van der Waals surface area contributed by atoms with Crippen LogP contribution >= 0.6 is 23.5 Å². The van der Waals surface area contributed by atoms with Crippen molar-refractivity contribution >= 4 is 30.9 Å². The second kappa shape index (κ2) is 5.51. The molecule has 0 amide bonds. The van der Waals surface area contributed by atoms with E-state index < -0.39 is 7.38 Å². The summed E-state index contributed by atoms with van der Waals surface area (Å²) in [5.41, 5.74) is 2.05. The molecule has 0 nitrogen and oxygen atoms in total. The Kier molecular flexibility index (Phi) is 7.02. The fourth-order valence-electron chi connectivity index (χ4n) is 2.00. The van der Waals surface area contributed by atoms with Gasteiger partial charge in [0, 0.05) is 0 Å². The lowest BCUT2D eigenvalue weighted by Crippen LogP contribution is -2.37. The van der Waals surface area contributed by atoms with Gasteiger partial charge in [-0.1, -0.05) is 41.5 Å². The molecule has 0 saturated carbocycles. The number of hydrogen-bond donors (Lipinski definition) is 0. The van der Waals surface area contributed by atoms with E-state index in [9.17, 15) is 0 Å². The first-order valence-electron chi connectivity index (χ1n) is 4.52. The normalized spacial score (nSPS) is 12.5. The number of rotatable bonds is 3. The molecule has 76 valence electrons. The second-order valence-corrected chi connectivity index (χ2v) is 11.4. The summed E-state index contributed by atoms with van der Waals surface area (Å²) in [6.45, 7) is 13.6. The second-order valence-electron chi connectivity index (χ2n) is 4.29. The Bertz CT molecular complexity index is 99.9. The van der Waals surface area contributed by atoms with Crippen LogP contribution in [0.2, 0.25) is 16.6 Å². The Labute approximate surface area is 89.2 Å². The van der Waals surface area contributed by atoms with Crippen LogP contribution in [0.25, 0.3) is 0 Å². The Morgan fingerprint density at radius 3 is 0.917 bits per heavy atom. The Morgan fingerprint density at radius 2 is 0.917 bits per heavy atom. The van der Waals surface area contributed by atoms with Crippen LogP contribution in [-0.4, -0.2) is 7.38 Å². The summed E-state index contributed by atoms with van der Waals surface area (Å²) in [6, 6.07) is 0. The van der Waals surface area contributed by atoms with E-state index in [1.165, 1.54) is 0 Å². The molecule has 0 spiro atoms. The fourth-order valence-corrected chi connectivity index (χ4v) is 6.00. The Hall–Kier alpha value is 0.797. The highest BCUT2D eigenvalue weighted by Gasteiger charge is 2.40. The van der Waals surface area contributed by atoms with E-state index in [4.69, 9.17) is 11.1 Å². The lowest BCUT2D eigenvalue weighted by atomic mass is 10.5. The highest BCUT2D eigenvalue weighted by atomic mass is 35.6. The zero-order valence-electron chi connectivity index (χ0n) is 9.02. The molecule has 0 radical (unpaired) electrons. The van der Waals surface area contributed by atoms with Gasteiger partial charge in [0.2, 0.25) is 0 Å². The third-order valence-electron chi connectivity index (χ3n) is 2.65. The van der Waals surface area contributed by atoms with Gasteiger partial charge in [-0.15, -0.1) is 12.4 Å². The van der Waals surface area contributed by atoms with Gasteiger partial charge in [-0.25, -0.2) is 0 Å². The van der Waals surface area contributed by atoms with E-state index in [-0.39, 0.29) is 12.4 Å². The van der Waals surface area contributed by atoms with Crippen molar-refractivity contribution in [1.82, 2.24) is 0 Å². The summed E-state index contributed by atoms with van der Waals surface area (Å²) < 4.78 is 0. The summed E-state index contributed by atoms with van der Waals surface area (Å²) >= 11 is 6.68. The molecule has 0 bridgehead atoms. The molecular formula is C9H22Cl2Si. The minimum atomic E-state index is -1.51. The van der Waals surface area contributed by atoms with Crippen molar-refractivity contribution in [3.05, 3.63) is 0 Å². The van der Waals surface area contributed by atoms with E-state index in [1.54, 1.807) is 0 Å². The molecule has 0 saturated heterocycles. The van der Waals surface area contributed by atoms with Crippen LogP contribution in [0.5, 0.6) is 0 Å². The van der Waals surface area contributed by atoms with Gasteiger partial charge in [-0.3, -0.25) is 0 Å². The van der Waals surface area contributed by atoms with Crippen molar-refractivity contribution in [2.75, 3.05) is 0 Å². The van der Waals surface area contributed by atoms with E-state index in [2.05, 4.69) is 41.5 Å². The molecule has 12 heavy (non-hydrogen) atoms. The van der Waals surface area contributed by atoms with Gasteiger partial charge in [0.25, 0.3) is 0 Å². The molecule has 0 fully saturated rings. The van der Waals surface area contributed by atoms with Crippen molar-refractivity contribution in [3.8, 4) is 0 Å². The molecule has 0 aliphatic rings. The smallest absolute Gasteiger partial charge is 0.164 e. The standard InChI is InChI=1S/C9H21ClSi.ClH/c1-7(2)11(10,8(3)4)9(5)6;/h7-9H,1-6H3;1H. The summed E-state index contributed by atoms with van der Waals surface area (Å²) in [4.78, 5) is 0. The van der Waals surface area contributed by atoms with Gasteiger partial charge in [-0.2, -0.15) is 11.1 Å². The first-order valence-corrected chi connectivity index (χ1v) is 7.76. The summed E-state index contributed by atoms with van der Waals surface area (Å²) in [5, 5.41) is 0. The van der Waals surface area contributed by atoms with Crippen LogP contribution < -0.4 is 0 Å². The van der Waals surface area contributed by atoms with Crippen LogP contribution in [0.4, 0.5) is 0 Å². The topological polar surface area (TPSA) is 0 Å². The highest BCUT2D eigenvalue weighted by molar-refractivity contribution is 7.22. The molecule has 0 aromatic heterocycles. The van der Waals surface area contributed by atoms with Crippen LogP contribution in [0.15, 0.2) is 0 Å². The van der Waals surface area contributed by atoms with Crippen molar-refractivity contribution < 1.29 is 0 Å². The molecule has 0 N–H and O–H groups in total. The van der Waals surface area contributed by atoms with Crippen molar-refractivity contribution in [2.45, 2.75) is 58.2 Å². The Balaban J connectivity index is 0. The van der Waals surface area contributed by atoms with Crippen LogP contribution in [0, 0.1) is 0 Å². The fraction of sp³-hybridized carbons (Fsp3) is 1.00. The van der Waals surface area contributed by atoms with Crippen molar-refractivity contribution in [3.63, 3.8) is 0 Å². The van der Waals surface area contributed by atoms with Crippen molar-refractivity contribution in [1.29, 1.82) is 0 Å². The SMILES string of the molecule is CC(C)[Si](Cl)(C(C)C)C(C)C.Cl. The predicted molar refractivity (Wildman–Crippen MR) is 64.1 cm³/mol. The highest BCUT2D eigenvalue weighted by Crippen LogP contribution is 2.44. The van der Waals surface area contributed by atoms with Gasteiger partial charge in [0.05, 0.1) is 0 Å². The molecule has 0 rings (SSSR count). The molecule has 0 unspecified atom stereocenters. The number of hydrogen-bond acceptors (Lipinski definition) is 0.